The molecule has 0 saturated carbocycles. The lowest BCUT2D eigenvalue weighted by Crippen LogP contribution is -2.24. The Morgan fingerprint density at radius 1 is 1.09 bits per heavy atom. The monoisotopic (exact) mass is 306 g/mol. The van der Waals surface area contributed by atoms with Gasteiger partial charge in [0.2, 0.25) is 0 Å². The van der Waals surface area contributed by atoms with Gasteiger partial charge in [-0.3, -0.25) is 4.57 Å². The second kappa shape index (κ2) is 5.79. The van der Waals surface area contributed by atoms with Gasteiger partial charge in [-0.1, -0.05) is 6.07 Å². The average molecular weight is 306 g/mol. The summed E-state index contributed by atoms with van der Waals surface area (Å²) >= 11 is 0. The molecule has 6 nitrogen and oxygen atoms in total. The quantitative estimate of drug-likeness (QED) is 0.744. The maximum atomic E-state index is 4.83. The first-order valence-electron chi connectivity index (χ1n) is 7.83. The Hall–Kier alpha value is -2.76. The fourth-order valence-corrected chi connectivity index (χ4v) is 3.12. The van der Waals surface area contributed by atoms with Crippen molar-refractivity contribution in [2.45, 2.75) is 25.8 Å². The van der Waals surface area contributed by atoms with Crippen molar-refractivity contribution < 1.29 is 0 Å². The molecular formula is C17H18N6. The molecule has 1 aliphatic heterocycles. The van der Waals surface area contributed by atoms with E-state index < -0.39 is 0 Å². The van der Waals surface area contributed by atoms with Crippen LogP contribution in [0.2, 0.25) is 0 Å². The fraction of sp³-hybridized carbons (Fsp3) is 0.294. The van der Waals surface area contributed by atoms with Crippen molar-refractivity contribution in [3.05, 3.63) is 60.7 Å². The highest BCUT2D eigenvalue weighted by molar-refractivity contribution is 5.43. The minimum absolute atomic E-state index is 0.257. The number of hydrogen-bond donors (Lipinski definition) is 0. The molecule has 3 aromatic rings. The fourth-order valence-electron chi connectivity index (χ4n) is 3.12. The molecule has 4 rings (SSSR count). The van der Waals surface area contributed by atoms with Crippen molar-refractivity contribution in [3.8, 4) is 5.82 Å². The molecule has 4 heterocycles. The van der Waals surface area contributed by atoms with E-state index in [4.69, 9.17) is 4.98 Å². The van der Waals surface area contributed by atoms with E-state index in [1.807, 2.05) is 36.0 Å². The van der Waals surface area contributed by atoms with Crippen LogP contribution in [0.4, 0.5) is 5.82 Å². The molecule has 0 unspecified atom stereocenters. The third-order valence-corrected chi connectivity index (χ3v) is 4.17. The molecule has 3 aromatic heterocycles. The summed E-state index contributed by atoms with van der Waals surface area (Å²) in [6, 6.07) is 8.38. The topological polar surface area (TPSA) is 59.7 Å². The summed E-state index contributed by atoms with van der Waals surface area (Å²) in [4.78, 5) is 20.0. The molecule has 0 bridgehead atoms. The molecule has 1 atom stereocenters. The van der Waals surface area contributed by atoms with Gasteiger partial charge in [0.05, 0.1) is 11.7 Å². The number of rotatable bonds is 3. The Morgan fingerprint density at radius 3 is 2.87 bits per heavy atom. The van der Waals surface area contributed by atoms with E-state index in [1.165, 1.54) is 0 Å². The lowest BCUT2D eigenvalue weighted by molar-refractivity contribution is 0.682. The molecule has 1 fully saturated rings. The zero-order valence-electron chi connectivity index (χ0n) is 13.0. The van der Waals surface area contributed by atoms with Crippen LogP contribution >= 0.6 is 0 Å². The predicted octanol–water partition coefficient (Wildman–Crippen LogP) is 2.71. The average Bonchev–Trinajstić information content (AvgIpc) is 3.27. The molecule has 116 valence electrons. The van der Waals surface area contributed by atoms with Gasteiger partial charge < -0.3 is 4.90 Å². The molecule has 0 radical (unpaired) electrons. The summed E-state index contributed by atoms with van der Waals surface area (Å²) in [7, 11) is 0. The van der Waals surface area contributed by atoms with Crippen molar-refractivity contribution in [3.63, 3.8) is 0 Å². The number of imidazole rings is 1. The Bertz CT molecular complexity index is 798. The second-order valence-corrected chi connectivity index (χ2v) is 5.70. The zero-order valence-corrected chi connectivity index (χ0v) is 13.0. The summed E-state index contributed by atoms with van der Waals surface area (Å²) in [5, 5.41) is 0. The van der Waals surface area contributed by atoms with Crippen LogP contribution in [-0.2, 0) is 0 Å². The number of pyridine rings is 1. The largest absolute Gasteiger partial charge is 0.348 e. The first-order chi connectivity index (χ1) is 11.3. The molecule has 1 saturated heterocycles. The van der Waals surface area contributed by atoms with Crippen LogP contribution < -0.4 is 4.90 Å². The number of aromatic nitrogens is 5. The van der Waals surface area contributed by atoms with Gasteiger partial charge in [0.25, 0.3) is 0 Å². The van der Waals surface area contributed by atoms with E-state index >= 15 is 0 Å². The maximum Gasteiger partial charge on any atom is 0.138 e. The first-order valence-corrected chi connectivity index (χ1v) is 7.83. The molecular weight excluding hydrogens is 288 g/mol. The first kappa shape index (κ1) is 13.9. The van der Waals surface area contributed by atoms with E-state index in [1.54, 1.807) is 12.5 Å². The van der Waals surface area contributed by atoms with Crippen molar-refractivity contribution in [2.24, 2.45) is 0 Å². The van der Waals surface area contributed by atoms with E-state index in [-0.39, 0.29) is 6.04 Å². The molecule has 1 aliphatic rings. The molecule has 0 spiro atoms. The Labute approximate surface area is 134 Å². The summed E-state index contributed by atoms with van der Waals surface area (Å²) < 4.78 is 1.93. The van der Waals surface area contributed by atoms with E-state index in [0.717, 1.165) is 42.5 Å². The minimum Gasteiger partial charge on any atom is -0.348 e. The summed E-state index contributed by atoms with van der Waals surface area (Å²) in [6.45, 7) is 2.92. The van der Waals surface area contributed by atoms with Crippen molar-refractivity contribution in [1.29, 1.82) is 0 Å². The van der Waals surface area contributed by atoms with Gasteiger partial charge in [-0.15, -0.1) is 0 Å². The van der Waals surface area contributed by atoms with Crippen LogP contribution in [0.3, 0.4) is 0 Å². The predicted molar refractivity (Wildman–Crippen MR) is 87.4 cm³/mol. The van der Waals surface area contributed by atoms with Gasteiger partial charge in [-0.2, -0.15) is 0 Å². The normalized spacial score (nSPS) is 17.6. The van der Waals surface area contributed by atoms with Crippen LogP contribution in [0.15, 0.2) is 49.2 Å². The lowest BCUT2D eigenvalue weighted by Gasteiger charge is -2.25. The summed E-state index contributed by atoms with van der Waals surface area (Å²) in [5.41, 5.74) is 1.07. The van der Waals surface area contributed by atoms with Gasteiger partial charge in [0.1, 0.15) is 23.8 Å². The summed E-state index contributed by atoms with van der Waals surface area (Å²) in [5.74, 6) is 2.67. The van der Waals surface area contributed by atoms with Crippen LogP contribution in [0.25, 0.3) is 5.82 Å². The van der Waals surface area contributed by atoms with E-state index in [9.17, 15) is 0 Å². The van der Waals surface area contributed by atoms with Gasteiger partial charge in [-0.05, 0) is 38.0 Å². The molecule has 0 amide bonds. The van der Waals surface area contributed by atoms with Gasteiger partial charge >= 0.3 is 0 Å². The van der Waals surface area contributed by atoms with Crippen molar-refractivity contribution >= 4 is 5.82 Å². The Balaban J connectivity index is 1.68. The molecule has 0 aromatic carbocycles. The van der Waals surface area contributed by atoms with Crippen molar-refractivity contribution in [2.75, 3.05) is 11.4 Å². The van der Waals surface area contributed by atoms with Gasteiger partial charge in [0.15, 0.2) is 0 Å². The highest BCUT2D eigenvalue weighted by atomic mass is 15.2. The number of aryl methyl sites for hydroxylation is 1. The minimum atomic E-state index is 0.257. The van der Waals surface area contributed by atoms with Gasteiger partial charge in [-0.25, -0.2) is 19.9 Å². The highest BCUT2D eigenvalue weighted by Crippen LogP contribution is 2.34. The number of hydrogen-bond acceptors (Lipinski definition) is 5. The SMILES string of the molecule is Cc1nccc(N2CCC[C@@H]2c2cccc(-n3ccnc3)n2)n1. The Morgan fingerprint density at radius 2 is 2.04 bits per heavy atom. The van der Waals surface area contributed by atoms with Crippen LogP contribution in [0.1, 0.15) is 30.4 Å². The second-order valence-electron chi connectivity index (χ2n) is 5.70. The van der Waals surface area contributed by atoms with Crippen molar-refractivity contribution in [1.82, 2.24) is 24.5 Å². The van der Waals surface area contributed by atoms with E-state index in [0.29, 0.717) is 0 Å². The number of anilines is 1. The third kappa shape index (κ3) is 2.67. The van der Waals surface area contributed by atoms with Crippen LogP contribution in [0.5, 0.6) is 0 Å². The highest BCUT2D eigenvalue weighted by Gasteiger charge is 2.28. The zero-order chi connectivity index (χ0) is 15.6. The maximum absolute atomic E-state index is 4.83. The Kier molecular flexibility index (Phi) is 3.49. The number of nitrogens with zero attached hydrogens (tertiary/aromatic N) is 6. The molecule has 0 N–H and O–H groups in total. The molecule has 0 aliphatic carbocycles. The standard InChI is InChI=1S/C17H18N6/c1-13-19-8-7-17(20-13)23-10-3-5-15(23)14-4-2-6-16(21-14)22-11-9-18-12-22/h2,4,6-9,11-12,15H,3,5,10H2,1H3/t15-/m1/s1. The lowest BCUT2D eigenvalue weighted by atomic mass is 10.1. The smallest absolute Gasteiger partial charge is 0.138 e. The van der Waals surface area contributed by atoms with Gasteiger partial charge in [0, 0.05) is 25.1 Å². The van der Waals surface area contributed by atoms with E-state index in [2.05, 4.69) is 32.0 Å². The molecule has 6 heteroatoms. The third-order valence-electron chi connectivity index (χ3n) is 4.17. The van der Waals surface area contributed by atoms with Crippen LogP contribution in [0, 0.1) is 6.92 Å². The van der Waals surface area contributed by atoms with Crippen LogP contribution in [-0.4, -0.2) is 31.0 Å². The molecule has 23 heavy (non-hydrogen) atoms. The summed E-state index contributed by atoms with van der Waals surface area (Å²) in [6.07, 6.45) is 9.50.